The van der Waals surface area contributed by atoms with Crippen LogP contribution in [0.4, 0.5) is 0 Å². The van der Waals surface area contributed by atoms with Gasteiger partial charge in [0.2, 0.25) is 5.88 Å². The minimum atomic E-state index is -4.16. The summed E-state index contributed by atoms with van der Waals surface area (Å²) in [6.07, 6.45) is 6.00. The SMILES string of the molecule is COC1(c2c(C)cnc3c2c(-c2ccc4c(cnn4C)c2)c(-c2cnn4c2OCC4)n3S(=O)(=O)c2ccccc2)CCNC1. The number of aromatic nitrogens is 6. The molecule has 1 atom stereocenters. The molecule has 224 valence electrons. The Morgan fingerprint density at radius 3 is 2.68 bits per heavy atom. The van der Waals surface area contributed by atoms with E-state index in [-0.39, 0.29) is 4.90 Å². The van der Waals surface area contributed by atoms with E-state index in [4.69, 9.17) is 14.5 Å². The largest absolute Gasteiger partial charge is 0.475 e. The Morgan fingerprint density at radius 1 is 1.07 bits per heavy atom. The van der Waals surface area contributed by atoms with Crippen LogP contribution < -0.4 is 10.1 Å². The first kappa shape index (κ1) is 27.1. The number of nitrogens with zero attached hydrogens (tertiary/aromatic N) is 6. The lowest BCUT2D eigenvalue weighted by molar-refractivity contribution is 0.00399. The van der Waals surface area contributed by atoms with Crippen LogP contribution in [0.25, 0.3) is 44.3 Å². The summed E-state index contributed by atoms with van der Waals surface area (Å²) >= 11 is 0. The molecule has 6 aromatic rings. The van der Waals surface area contributed by atoms with Crippen LogP contribution >= 0.6 is 0 Å². The average Bonchev–Trinajstić information content (AvgIpc) is 3.86. The number of hydrogen-bond acceptors (Lipinski definition) is 8. The monoisotopic (exact) mass is 609 g/mol. The smallest absolute Gasteiger partial charge is 0.269 e. The van der Waals surface area contributed by atoms with Gasteiger partial charge in [-0.25, -0.2) is 22.1 Å². The lowest BCUT2D eigenvalue weighted by Crippen LogP contribution is -2.32. The van der Waals surface area contributed by atoms with Gasteiger partial charge >= 0.3 is 0 Å². The van der Waals surface area contributed by atoms with Crippen molar-refractivity contribution < 1.29 is 17.9 Å². The molecule has 44 heavy (non-hydrogen) atoms. The van der Waals surface area contributed by atoms with Crippen molar-refractivity contribution in [3.05, 3.63) is 78.2 Å². The molecule has 2 aliphatic rings. The molecule has 6 heterocycles. The summed E-state index contributed by atoms with van der Waals surface area (Å²) < 4.78 is 47.0. The number of methoxy groups -OCH3 is 1. The third-order valence-electron chi connectivity index (χ3n) is 9.00. The quantitative estimate of drug-likeness (QED) is 0.298. The van der Waals surface area contributed by atoms with Crippen LogP contribution in [0.1, 0.15) is 17.5 Å². The van der Waals surface area contributed by atoms with E-state index in [9.17, 15) is 8.42 Å². The fourth-order valence-electron chi connectivity index (χ4n) is 6.91. The Kier molecular flexibility index (Phi) is 5.99. The summed E-state index contributed by atoms with van der Waals surface area (Å²) in [6, 6.07) is 14.6. The van der Waals surface area contributed by atoms with Crippen molar-refractivity contribution in [1.29, 1.82) is 0 Å². The highest BCUT2D eigenvalue weighted by molar-refractivity contribution is 7.90. The van der Waals surface area contributed by atoms with Crippen molar-refractivity contribution in [3.8, 4) is 28.3 Å². The second-order valence-corrected chi connectivity index (χ2v) is 13.2. The molecule has 0 aliphatic carbocycles. The van der Waals surface area contributed by atoms with Crippen LogP contribution in [-0.2, 0) is 34.0 Å². The Balaban J connectivity index is 1.60. The first-order valence-electron chi connectivity index (χ1n) is 14.6. The van der Waals surface area contributed by atoms with Gasteiger partial charge in [0.25, 0.3) is 10.0 Å². The lowest BCUT2D eigenvalue weighted by Gasteiger charge is -2.30. The lowest BCUT2D eigenvalue weighted by atomic mass is 9.85. The van der Waals surface area contributed by atoms with E-state index < -0.39 is 15.6 Å². The minimum Gasteiger partial charge on any atom is -0.475 e. The van der Waals surface area contributed by atoms with Gasteiger partial charge in [-0.1, -0.05) is 24.3 Å². The molecule has 2 aliphatic heterocycles. The topological polar surface area (TPSA) is 118 Å². The first-order valence-corrected chi connectivity index (χ1v) is 16.0. The number of rotatable bonds is 6. The normalized spacial score (nSPS) is 18.3. The molecule has 0 spiro atoms. The molecule has 0 amide bonds. The van der Waals surface area contributed by atoms with Gasteiger partial charge in [0.1, 0.15) is 12.2 Å². The molecule has 1 N–H and O–H groups in total. The van der Waals surface area contributed by atoms with E-state index in [0.29, 0.717) is 42.5 Å². The number of aryl methyl sites for hydroxylation is 2. The van der Waals surface area contributed by atoms with E-state index in [2.05, 4.69) is 21.6 Å². The molecule has 11 nitrogen and oxygen atoms in total. The maximum absolute atomic E-state index is 14.8. The predicted octanol–water partition coefficient (Wildman–Crippen LogP) is 4.23. The van der Waals surface area contributed by atoms with E-state index in [0.717, 1.165) is 51.5 Å². The predicted molar refractivity (Wildman–Crippen MR) is 166 cm³/mol. The fourth-order valence-corrected chi connectivity index (χ4v) is 8.42. The molecule has 0 radical (unpaired) electrons. The minimum absolute atomic E-state index is 0.157. The first-order chi connectivity index (χ1) is 21.3. The summed E-state index contributed by atoms with van der Waals surface area (Å²) in [5.74, 6) is 0.531. The second-order valence-electron chi connectivity index (χ2n) is 11.4. The number of nitrogens with one attached hydrogen (secondary N) is 1. The van der Waals surface area contributed by atoms with Crippen molar-refractivity contribution in [2.75, 3.05) is 26.8 Å². The zero-order valence-electron chi connectivity index (χ0n) is 24.6. The van der Waals surface area contributed by atoms with Gasteiger partial charge in [-0.05, 0) is 55.3 Å². The molecule has 1 unspecified atom stereocenters. The average molecular weight is 610 g/mol. The molecule has 8 rings (SSSR count). The zero-order valence-corrected chi connectivity index (χ0v) is 25.4. The van der Waals surface area contributed by atoms with Gasteiger partial charge in [0.15, 0.2) is 5.65 Å². The van der Waals surface area contributed by atoms with Crippen molar-refractivity contribution >= 4 is 32.0 Å². The summed E-state index contributed by atoms with van der Waals surface area (Å²) in [5, 5.41) is 14.2. The van der Waals surface area contributed by atoms with Gasteiger partial charge in [-0.2, -0.15) is 10.2 Å². The molecule has 2 aromatic carbocycles. The Hall–Kier alpha value is -4.52. The summed E-state index contributed by atoms with van der Waals surface area (Å²) in [4.78, 5) is 5.03. The molecular formula is C32H31N7O4S. The number of benzene rings is 2. The van der Waals surface area contributed by atoms with Gasteiger partial charge in [0.05, 0.1) is 40.6 Å². The Bertz CT molecular complexity index is 2190. The number of fused-ring (bicyclic) bond motifs is 3. The van der Waals surface area contributed by atoms with Gasteiger partial charge in [-0.3, -0.25) is 4.68 Å². The fraction of sp³-hybridized carbons (Fsp3) is 0.281. The molecule has 0 saturated carbocycles. The third-order valence-corrected chi connectivity index (χ3v) is 10.7. The number of ether oxygens (including phenoxy) is 2. The standard InChI is InChI=1S/C32H31N7O4S/c1-20-16-34-30-27(28(20)32(42-3)11-12-33-19-32)26(21-9-10-25-22(15-21)17-35-37(25)2)29(24-18-36-38-13-14-43-31(24)38)39(30)44(40,41)23-7-5-4-6-8-23/h4-10,15-18,33H,11-14,19H2,1-3H3. The summed E-state index contributed by atoms with van der Waals surface area (Å²) in [6.45, 7) is 4.41. The van der Waals surface area contributed by atoms with Gasteiger partial charge < -0.3 is 14.8 Å². The summed E-state index contributed by atoms with van der Waals surface area (Å²) in [7, 11) is -0.534. The summed E-state index contributed by atoms with van der Waals surface area (Å²) in [5.41, 5.74) is 5.04. The maximum atomic E-state index is 14.8. The van der Waals surface area contributed by atoms with E-state index in [1.807, 2.05) is 37.0 Å². The zero-order chi connectivity index (χ0) is 30.2. The third kappa shape index (κ3) is 3.74. The molecule has 1 fully saturated rings. The maximum Gasteiger partial charge on any atom is 0.269 e. The van der Waals surface area contributed by atoms with Crippen LogP contribution in [-0.4, -0.2) is 63.7 Å². The molecular weight excluding hydrogens is 578 g/mol. The van der Waals surface area contributed by atoms with Crippen LogP contribution in [0.2, 0.25) is 0 Å². The Morgan fingerprint density at radius 2 is 1.91 bits per heavy atom. The van der Waals surface area contributed by atoms with Crippen molar-refractivity contribution in [3.63, 3.8) is 0 Å². The highest BCUT2D eigenvalue weighted by Gasteiger charge is 2.42. The van der Waals surface area contributed by atoms with Crippen LogP contribution in [0.5, 0.6) is 5.88 Å². The Labute approximate surface area is 254 Å². The van der Waals surface area contributed by atoms with Crippen LogP contribution in [0.15, 0.2) is 72.0 Å². The van der Waals surface area contributed by atoms with Gasteiger partial charge in [-0.15, -0.1) is 0 Å². The van der Waals surface area contributed by atoms with Crippen molar-refractivity contribution in [2.45, 2.75) is 30.4 Å². The highest BCUT2D eigenvalue weighted by Crippen LogP contribution is 2.50. The molecule has 4 aromatic heterocycles. The molecule has 1 saturated heterocycles. The van der Waals surface area contributed by atoms with Crippen molar-refractivity contribution in [2.24, 2.45) is 7.05 Å². The van der Waals surface area contributed by atoms with Crippen molar-refractivity contribution in [1.82, 2.24) is 33.8 Å². The van der Waals surface area contributed by atoms with E-state index >= 15 is 0 Å². The highest BCUT2D eigenvalue weighted by atomic mass is 32.2. The van der Waals surface area contributed by atoms with Crippen LogP contribution in [0, 0.1) is 6.92 Å². The van der Waals surface area contributed by atoms with E-state index in [1.54, 1.807) is 54.5 Å². The molecule has 0 bridgehead atoms. The number of hydrogen-bond donors (Lipinski definition) is 1. The van der Waals surface area contributed by atoms with E-state index in [1.165, 1.54) is 3.97 Å². The molecule has 12 heteroatoms. The van der Waals surface area contributed by atoms with Crippen LogP contribution in [0.3, 0.4) is 0 Å². The number of pyridine rings is 1. The van der Waals surface area contributed by atoms with Gasteiger partial charge in [0, 0.05) is 48.8 Å². The second kappa shape index (κ2) is 9.74.